The van der Waals surface area contributed by atoms with Gasteiger partial charge in [-0.15, -0.1) is 0 Å². The Bertz CT molecular complexity index is 1050. The van der Waals surface area contributed by atoms with Gasteiger partial charge in [0.1, 0.15) is 24.0 Å². The van der Waals surface area contributed by atoms with Gasteiger partial charge in [-0.25, -0.2) is 8.78 Å². The van der Waals surface area contributed by atoms with E-state index in [2.05, 4.69) is 37.9 Å². The predicted molar refractivity (Wildman–Crippen MR) is 112 cm³/mol. The molecule has 2 nitrogen and oxygen atoms in total. The molecule has 3 aromatic carbocycles. The van der Waals surface area contributed by atoms with Gasteiger partial charge in [0.2, 0.25) is 0 Å². The van der Waals surface area contributed by atoms with Gasteiger partial charge < -0.3 is 4.74 Å². The molecule has 0 aliphatic heterocycles. The van der Waals surface area contributed by atoms with Crippen LogP contribution < -0.4 is 4.74 Å². The van der Waals surface area contributed by atoms with Crippen molar-refractivity contribution in [2.24, 2.45) is 0 Å². The molecule has 6 heteroatoms. The van der Waals surface area contributed by atoms with E-state index in [1.165, 1.54) is 24.3 Å². The van der Waals surface area contributed by atoms with Gasteiger partial charge in [-0.2, -0.15) is 5.26 Å². The highest BCUT2D eigenvalue weighted by atomic mass is 79.9. The maximum atomic E-state index is 13.4. The first kappa shape index (κ1) is 20.2. The number of hydrogen-bond donors (Lipinski definition) is 0. The Kier molecular flexibility index (Phi) is 6.61. The lowest BCUT2D eigenvalue weighted by Gasteiger charge is -2.12. The molecule has 0 radical (unpaired) electrons. The summed E-state index contributed by atoms with van der Waals surface area (Å²) in [5.74, 6) is -0.106. The minimum Gasteiger partial charge on any atom is -0.487 e. The molecule has 0 N–H and O–H groups in total. The molecule has 0 bridgehead atoms. The molecule has 3 aromatic rings. The molecule has 0 amide bonds. The third kappa shape index (κ3) is 5.06. The molecular weight excluding hydrogens is 492 g/mol. The van der Waals surface area contributed by atoms with Crippen molar-refractivity contribution in [2.75, 3.05) is 0 Å². The van der Waals surface area contributed by atoms with Crippen LogP contribution in [0.15, 0.2) is 69.6 Å². The summed E-state index contributed by atoms with van der Waals surface area (Å²) in [4.78, 5) is 0. The molecule has 0 spiro atoms. The Morgan fingerprint density at radius 1 is 0.964 bits per heavy atom. The summed E-state index contributed by atoms with van der Waals surface area (Å²) in [5.41, 5.74) is 2.43. The lowest BCUT2D eigenvalue weighted by atomic mass is 10.0. The van der Waals surface area contributed by atoms with Crippen LogP contribution in [0.3, 0.4) is 0 Å². The molecule has 0 aliphatic rings. The van der Waals surface area contributed by atoms with Crippen molar-refractivity contribution in [2.45, 2.75) is 6.61 Å². The van der Waals surface area contributed by atoms with Gasteiger partial charge >= 0.3 is 0 Å². The second kappa shape index (κ2) is 9.13. The monoisotopic (exact) mass is 503 g/mol. The first-order valence-electron chi connectivity index (χ1n) is 8.20. The van der Waals surface area contributed by atoms with Crippen LogP contribution in [0.4, 0.5) is 8.78 Å². The number of ether oxygens (including phenoxy) is 1. The average molecular weight is 505 g/mol. The van der Waals surface area contributed by atoms with Crippen LogP contribution in [0.5, 0.6) is 5.75 Å². The Morgan fingerprint density at radius 2 is 1.64 bits per heavy atom. The number of hydrogen-bond acceptors (Lipinski definition) is 2. The fourth-order valence-electron chi connectivity index (χ4n) is 2.54. The van der Waals surface area contributed by atoms with E-state index in [1.54, 1.807) is 42.5 Å². The van der Waals surface area contributed by atoms with Crippen LogP contribution in [0, 0.1) is 23.0 Å². The van der Waals surface area contributed by atoms with Gasteiger partial charge in [-0.3, -0.25) is 0 Å². The Labute approximate surface area is 178 Å². The fourth-order valence-corrected chi connectivity index (χ4v) is 3.99. The molecule has 140 valence electrons. The van der Waals surface area contributed by atoms with Crippen molar-refractivity contribution < 1.29 is 13.5 Å². The van der Waals surface area contributed by atoms with Crippen molar-refractivity contribution in [3.05, 3.63) is 97.9 Å². The molecule has 0 fully saturated rings. The topological polar surface area (TPSA) is 33.0 Å². The van der Waals surface area contributed by atoms with Gasteiger partial charge in [-0.05, 0) is 91.0 Å². The van der Waals surface area contributed by atoms with Crippen LogP contribution in [0.2, 0.25) is 0 Å². The van der Waals surface area contributed by atoms with Gasteiger partial charge in [0.15, 0.2) is 0 Å². The predicted octanol–water partition coefficient (Wildman–Crippen LogP) is 7.13. The zero-order valence-corrected chi connectivity index (χ0v) is 17.6. The van der Waals surface area contributed by atoms with Crippen LogP contribution in [-0.2, 0) is 6.61 Å². The van der Waals surface area contributed by atoms with E-state index < -0.39 is 5.82 Å². The molecular formula is C22H13Br2F2NO. The highest BCUT2D eigenvalue weighted by Crippen LogP contribution is 2.36. The van der Waals surface area contributed by atoms with Crippen molar-refractivity contribution in [1.29, 1.82) is 5.26 Å². The molecule has 3 rings (SSSR count). The van der Waals surface area contributed by atoms with Crippen molar-refractivity contribution >= 4 is 43.5 Å². The maximum absolute atomic E-state index is 13.4. The molecule has 0 aromatic heterocycles. The lowest BCUT2D eigenvalue weighted by molar-refractivity contribution is 0.302. The second-order valence-corrected chi connectivity index (χ2v) is 7.62. The highest BCUT2D eigenvalue weighted by Gasteiger charge is 2.10. The molecule has 0 heterocycles. The lowest BCUT2D eigenvalue weighted by Crippen LogP contribution is -1.97. The van der Waals surface area contributed by atoms with E-state index in [4.69, 9.17) is 4.74 Å². The smallest absolute Gasteiger partial charge is 0.148 e. The number of allylic oxidation sites excluding steroid dienone is 1. The number of nitrogens with zero attached hydrogens (tertiary/aromatic N) is 1. The Balaban J connectivity index is 1.84. The van der Waals surface area contributed by atoms with Crippen LogP contribution in [-0.4, -0.2) is 0 Å². The summed E-state index contributed by atoms with van der Waals surface area (Å²) in [6.45, 7) is 0.277. The molecule has 0 unspecified atom stereocenters. The standard InChI is InChI=1S/C22H13Br2F2NO/c23-20-9-15(8-17(12-27)16-2-1-3-19(26)11-16)10-21(24)22(20)28-13-14-4-6-18(25)7-5-14/h1-11H,13H2/b17-8-. The normalized spacial score (nSPS) is 11.2. The quantitative estimate of drug-likeness (QED) is 0.273. The van der Waals surface area contributed by atoms with Gasteiger partial charge in [0.25, 0.3) is 0 Å². The average Bonchev–Trinajstić information content (AvgIpc) is 2.67. The van der Waals surface area contributed by atoms with E-state index >= 15 is 0 Å². The Hall–Kier alpha value is -2.49. The minimum absolute atomic E-state index is 0.277. The summed E-state index contributed by atoms with van der Waals surface area (Å²) in [7, 11) is 0. The summed E-state index contributed by atoms with van der Waals surface area (Å²) < 4.78 is 33.6. The third-order valence-corrected chi connectivity index (χ3v) is 5.06. The van der Waals surface area contributed by atoms with Gasteiger partial charge in [0.05, 0.1) is 20.6 Å². The minimum atomic E-state index is -0.398. The maximum Gasteiger partial charge on any atom is 0.148 e. The number of halogens is 4. The summed E-state index contributed by atoms with van der Waals surface area (Å²) >= 11 is 6.95. The van der Waals surface area contributed by atoms with Crippen LogP contribution in [0.1, 0.15) is 16.7 Å². The number of benzene rings is 3. The van der Waals surface area contributed by atoms with E-state index in [0.29, 0.717) is 25.8 Å². The van der Waals surface area contributed by atoms with E-state index in [1.807, 2.05) is 0 Å². The zero-order valence-electron chi connectivity index (χ0n) is 14.4. The van der Waals surface area contributed by atoms with E-state index in [0.717, 1.165) is 11.1 Å². The molecule has 0 aliphatic carbocycles. The first-order valence-corrected chi connectivity index (χ1v) is 9.79. The number of nitriles is 1. The molecule has 0 atom stereocenters. The first-order chi connectivity index (χ1) is 13.5. The fraction of sp³-hybridized carbons (Fsp3) is 0.0455. The van der Waals surface area contributed by atoms with Crippen LogP contribution >= 0.6 is 31.9 Å². The summed E-state index contributed by atoms with van der Waals surface area (Å²) in [6.07, 6.45) is 1.67. The Morgan fingerprint density at radius 3 is 2.25 bits per heavy atom. The van der Waals surface area contributed by atoms with Crippen molar-refractivity contribution in [3.8, 4) is 11.8 Å². The van der Waals surface area contributed by atoms with Gasteiger partial charge in [-0.1, -0.05) is 24.3 Å². The second-order valence-electron chi connectivity index (χ2n) is 5.91. The number of rotatable bonds is 5. The zero-order chi connectivity index (χ0) is 20.1. The van der Waals surface area contributed by atoms with Gasteiger partial charge in [0, 0.05) is 0 Å². The summed E-state index contributed by atoms with van der Waals surface area (Å²) in [6, 6.07) is 17.7. The molecule has 0 saturated carbocycles. The third-order valence-electron chi connectivity index (χ3n) is 3.88. The largest absolute Gasteiger partial charge is 0.487 e. The molecule has 28 heavy (non-hydrogen) atoms. The highest BCUT2D eigenvalue weighted by molar-refractivity contribution is 9.11. The van der Waals surface area contributed by atoms with E-state index in [9.17, 15) is 14.0 Å². The SMILES string of the molecule is N#C/C(=C/c1cc(Br)c(OCc2ccc(F)cc2)c(Br)c1)c1cccc(F)c1. The summed E-state index contributed by atoms with van der Waals surface area (Å²) in [5, 5.41) is 9.44. The van der Waals surface area contributed by atoms with Crippen molar-refractivity contribution in [3.63, 3.8) is 0 Å². The molecule has 0 saturated heterocycles. The van der Waals surface area contributed by atoms with E-state index in [-0.39, 0.29) is 12.4 Å². The van der Waals surface area contributed by atoms with Crippen LogP contribution in [0.25, 0.3) is 11.6 Å². The van der Waals surface area contributed by atoms with Crippen molar-refractivity contribution in [1.82, 2.24) is 0 Å².